The zero-order valence-electron chi connectivity index (χ0n) is 13.9. The minimum atomic E-state index is 0.369. The molecule has 0 bridgehead atoms. The van der Waals surface area contributed by atoms with E-state index in [0.29, 0.717) is 11.5 Å². The predicted octanol–water partition coefficient (Wildman–Crippen LogP) is 5.06. The number of likely N-dealkylation sites (tertiary alicyclic amines) is 1. The standard InChI is InChI=1S/C22H25N/c1-18-16-23(17-22(18)14-8-9-15-22)21(19-10-4-2-5-11-19)20-12-6-3-7-13-20/h2-8,10-14,18,21H,9,15-17H2,1H3/t18-,22+/m0/s1. The summed E-state index contributed by atoms with van der Waals surface area (Å²) in [6, 6.07) is 22.3. The maximum Gasteiger partial charge on any atom is 0.0602 e. The van der Waals surface area contributed by atoms with Gasteiger partial charge in [-0.05, 0) is 29.9 Å². The Bertz CT molecular complexity index is 636. The normalized spacial score (nSPS) is 27.3. The highest BCUT2D eigenvalue weighted by atomic mass is 15.2. The molecule has 1 spiro atoms. The van der Waals surface area contributed by atoms with Gasteiger partial charge < -0.3 is 0 Å². The summed E-state index contributed by atoms with van der Waals surface area (Å²) < 4.78 is 0. The third-order valence-corrected chi connectivity index (χ3v) is 5.81. The van der Waals surface area contributed by atoms with Crippen LogP contribution in [0.15, 0.2) is 72.8 Å². The van der Waals surface area contributed by atoms with E-state index in [1.165, 1.54) is 37.1 Å². The van der Waals surface area contributed by atoms with E-state index in [-0.39, 0.29) is 0 Å². The van der Waals surface area contributed by atoms with Gasteiger partial charge in [-0.15, -0.1) is 0 Å². The van der Waals surface area contributed by atoms with Crippen molar-refractivity contribution in [2.75, 3.05) is 13.1 Å². The molecular formula is C22H25N. The van der Waals surface area contributed by atoms with Crippen LogP contribution in [0.25, 0.3) is 0 Å². The van der Waals surface area contributed by atoms with Crippen LogP contribution in [0.3, 0.4) is 0 Å². The first-order valence-corrected chi connectivity index (χ1v) is 8.80. The van der Waals surface area contributed by atoms with Crippen LogP contribution in [0.2, 0.25) is 0 Å². The summed E-state index contributed by atoms with van der Waals surface area (Å²) in [6.45, 7) is 4.79. The maximum absolute atomic E-state index is 2.70. The lowest BCUT2D eigenvalue weighted by molar-refractivity contribution is 0.249. The second-order valence-corrected chi connectivity index (χ2v) is 7.23. The molecule has 1 nitrogen and oxygen atoms in total. The molecule has 2 aromatic carbocycles. The van der Waals surface area contributed by atoms with Gasteiger partial charge in [0, 0.05) is 18.5 Å². The van der Waals surface area contributed by atoms with E-state index in [9.17, 15) is 0 Å². The molecular weight excluding hydrogens is 278 g/mol. The summed E-state index contributed by atoms with van der Waals surface area (Å²) >= 11 is 0. The van der Waals surface area contributed by atoms with Gasteiger partial charge in [0.25, 0.3) is 0 Å². The van der Waals surface area contributed by atoms with Gasteiger partial charge in [-0.2, -0.15) is 0 Å². The fourth-order valence-electron chi connectivity index (χ4n) is 4.51. The molecule has 1 fully saturated rings. The SMILES string of the molecule is C[C@H]1CN(C(c2ccccc2)c2ccccc2)C[C@]12C=CCC2. The van der Waals surface area contributed by atoms with Gasteiger partial charge in [-0.3, -0.25) is 4.90 Å². The fraction of sp³-hybridized carbons (Fsp3) is 0.364. The van der Waals surface area contributed by atoms with Crippen LogP contribution in [0.1, 0.15) is 36.9 Å². The summed E-state index contributed by atoms with van der Waals surface area (Å²) in [6.07, 6.45) is 7.46. The molecule has 0 aromatic heterocycles. The Morgan fingerprint density at radius 3 is 2.09 bits per heavy atom. The summed E-state index contributed by atoms with van der Waals surface area (Å²) in [5.41, 5.74) is 3.22. The zero-order chi connectivity index (χ0) is 15.7. The van der Waals surface area contributed by atoms with Crippen molar-refractivity contribution in [2.45, 2.75) is 25.8 Å². The van der Waals surface area contributed by atoms with Gasteiger partial charge in [0.15, 0.2) is 0 Å². The highest BCUT2D eigenvalue weighted by molar-refractivity contribution is 5.33. The van der Waals surface area contributed by atoms with E-state index >= 15 is 0 Å². The topological polar surface area (TPSA) is 3.24 Å². The largest absolute Gasteiger partial charge is 0.291 e. The van der Waals surface area contributed by atoms with Gasteiger partial charge in [0.05, 0.1) is 6.04 Å². The molecule has 4 rings (SSSR count). The van der Waals surface area contributed by atoms with Crippen LogP contribution in [-0.4, -0.2) is 18.0 Å². The number of nitrogens with zero attached hydrogens (tertiary/aromatic N) is 1. The highest BCUT2D eigenvalue weighted by Crippen LogP contribution is 2.48. The van der Waals surface area contributed by atoms with E-state index in [2.05, 4.69) is 84.6 Å². The van der Waals surface area contributed by atoms with Crippen molar-refractivity contribution < 1.29 is 0 Å². The molecule has 118 valence electrons. The summed E-state index contributed by atoms with van der Waals surface area (Å²) in [4.78, 5) is 2.70. The smallest absolute Gasteiger partial charge is 0.0602 e. The molecule has 1 heterocycles. The first-order chi connectivity index (χ1) is 11.3. The molecule has 0 radical (unpaired) electrons. The molecule has 1 aliphatic heterocycles. The number of hydrogen-bond donors (Lipinski definition) is 0. The molecule has 1 heteroatoms. The average molecular weight is 303 g/mol. The Kier molecular flexibility index (Phi) is 3.82. The minimum Gasteiger partial charge on any atom is -0.291 e. The molecule has 2 aliphatic rings. The Morgan fingerprint density at radius 2 is 1.57 bits per heavy atom. The van der Waals surface area contributed by atoms with Gasteiger partial charge in [-0.25, -0.2) is 0 Å². The summed E-state index contributed by atoms with van der Waals surface area (Å²) in [5, 5.41) is 0. The minimum absolute atomic E-state index is 0.369. The number of allylic oxidation sites excluding steroid dienone is 1. The van der Waals surface area contributed by atoms with Crippen molar-refractivity contribution in [1.82, 2.24) is 4.90 Å². The summed E-state index contributed by atoms with van der Waals surface area (Å²) in [5.74, 6) is 0.733. The van der Waals surface area contributed by atoms with Crippen LogP contribution in [-0.2, 0) is 0 Å². The van der Waals surface area contributed by atoms with E-state index in [1.807, 2.05) is 0 Å². The highest BCUT2D eigenvalue weighted by Gasteiger charge is 2.45. The van der Waals surface area contributed by atoms with Gasteiger partial charge >= 0.3 is 0 Å². The van der Waals surface area contributed by atoms with E-state index in [0.717, 1.165) is 5.92 Å². The fourth-order valence-corrected chi connectivity index (χ4v) is 4.51. The third kappa shape index (κ3) is 2.64. The Morgan fingerprint density at radius 1 is 0.957 bits per heavy atom. The van der Waals surface area contributed by atoms with Crippen molar-refractivity contribution in [3.05, 3.63) is 83.9 Å². The van der Waals surface area contributed by atoms with Crippen LogP contribution >= 0.6 is 0 Å². The molecule has 0 saturated carbocycles. The molecule has 0 amide bonds. The summed E-state index contributed by atoms with van der Waals surface area (Å²) in [7, 11) is 0. The molecule has 2 aromatic rings. The van der Waals surface area contributed by atoms with Crippen molar-refractivity contribution in [3.8, 4) is 0 Å². The molecule has 2 atom stereocenters. The Labute approximate surface area is 139 Å². The second kappa shape index (κ2) is 5.98. The maximum atomic E-state index is 2.70. The van der Waals surface area contributed by atoms with Crippen LogP contribution in [0.5, 0.6) is 0 Å². The lowest BCUT2D eigenvalue weighted by Crippen LogP contribution is -2.30. The predicted molar refractivity (Wildman–Crippen MR) is 96.3 cm³/mol. The number of benzene rings is 2. The van der Waals surface area contributed by atoms with Crippen LogP contribution < -0.4 is 0 Å². The first kappa shape index (κ1) is 14.7. The Balaban J connectivity index is 1.71. The second-order valence-electron chi connectivity index (χ2n) is 7.23. The van der Waals surface area contributed by atoms with Crippen molar-refractivity contribution >= 4 is 0 Å². The number of rotatable bonds is 3. The molecule has 0 N–H and O–H groups in total. The molecule has 1 saturated heterocycles. The van der Waals surface area contributed by atoms with E-state index in [4.69, 9.17) is 0 Å². The van der Waals surface area contributed by atoms with Crippen LogP contribution in [0, 0.1) is 11.3 Å². The first-order valence-electron chi connectivity index (χ1n) is 8.80. The van der Waals surface area contributed by atoms with Gasteiger partial charge in [0.2, 0.25) is 0 Å². The lowest BCUT2D eigenvalue weighted by atomic mass is 9.79. The van der Waals surface area contributed by atoms with Crippen molar-refractivity contribution in [2.24, 2.45) is 11.3 Å². The lowest BCUT2D eigenvalue weighted by Gasteiger charge is -2.30. The van der Waals surface area contributed by atoms with E-state index in [1.54, 1.807) is 0 Å². The van der Waals surface area contributed by atoms with Gasteiger partial charge in [-0.1, -0.05) is 79.7 Å². The third-order valence-electron chi connectivity index (χ3n) is 5.81. The molecule has 1 aliphatic carbocycles. The Hall–Kier alpha value is -1.86. The quantitative estimate of drug-likeness (QED) is 0.716. The average Bonchev–Trinajstić information content (AvgIpc) is 3.18. The van der Waals surface area contributed by atoms with Crippen LogP contribution in [0.4, 0.5) is 0 Å². The molecule has 23 heavy (non-hydrogen) atoms. The zero-order valence-corrected chi connectivity index (χ0v) is 13.9. The monoisotopic (exact) mass is 303 g/mol. The van der Waals surface area contributed by atoms with E-state index < -0.39 is 0 Å². The van der Waals surface area contributed by atoms with Crippen molar-refractivity contribution in [3.63, 3.8) is 0 Å². The van der Waals surface area contributed by atoms with Gasteiger partial charge in [0.1, 0.15) is 0 Å². The molecule has 0 unspecified atom stereocenters. The number of hydrogen-bond acceptors (Lipinski definition) is 1. The van der Waals surface area contributed by atoms with Crippen molar-refractivity contribution in [1.29, 1.82) is 0 Å².